The molecule has 0 N–H and O–H groups in total. The van der Waals surface area contributed by atoms with E-state index in [1.165, 1.54) is 32.1 Å². The Bertz CT molecular complexity index is 717. The zero-order valence-electron chi connectivity index (χ0n) is 13.2. The highest BCUT2D eigenvalue weighted by atomic mass is 32.2. The first-order valence-electron chi connectivity index (χ1n) is 8.15. The minimum atomic E-state index is 0.504. The van der Waals surface area contributed by atoms with E-state index in [-0.39, 0.29) is 0 Å². The number of fused-ring (bicyclic) bond motifs is 1. The molecule has 2 aromatic rings. The van der Waals surface area contributed by atoms with Gasteiger partial charge in [-0.15, -0.1) is 10.2 Å². The van der Waals surface area contributed by atoms with Gasteiger partial charge in [0, 0.05) is 11.7 Å². The molecule has 6 heteroatoms. The third-order valence-corrected chi connectivity index (χ3v) is 5.52. The summed E-state index contributed by atoms with van der Waals surface area (Å²) in [6.45, 7) is 0. The van der Waals surface area contributed by atoms with Crippen molar-refractivity contribution in [3.63, 3.8) is 0 Å². The molecule has 1 aromatic heterocycles. The molecule has 0 spiro atoms. The van der Waals surface area contributed by atoms with Crippen LogP contribution in [0.4, 0.5) is 0 Å². The molecule has 1 aromatic carbocycles. The minimum Gasteiger partial charge on any atom is -0.497 e. The van der Waals surface area contributed by atoms with Gasteiger partial charge in [-0.05, 0) is 42.7 Å². The van der Waals surface area contributed by atoms with Crippen molar-refractivity contribution in [2.24, 2.45) is 5.10 Å². The predicted molar refractivity (Wildman–Crippen MR) is 91.5 cm³/mol. The smallest absolute Gasteiger partial charge is 0.212 e. The van der Waals surface area contributed by atoms with Gasteiger partial charge in [0.2, 0.25) is 5.16 Å². The molecule has 0 radical (unpaired) electrons. The first-order valence-corrected chi connectivity index (χ1v) is 9.14. The summed E-state index contributed by atoms with van der Waals surface area (Å²) in [5.74, 6) is 3.24. The number of nitrogens with zero attached hydrogens (tertiary/aromatic N) is 4. The van der Waals surface area contributed by atoms with E-state index >= 15 is 0 Å². The maximum Gasteiger partial charge on any atom is 0.212 e. The summed E-state index contributed by atoms with van der Waals surface area (Å²) in [7, 11) is 1.68. The van der Waals surface area contributed by atoms with Crippen molar-refractivity contribution in [1.82, 2.24) is 14.9 Å². The molecule has 1 fully saturated rings. The maximum absolute atomic E-state index is 5.23. The summed E-state index contributed by atoms with van der Waals surface area (Å²) < 4.78 is 7.20. The molecular weight excluding hydrogens is 308 g/mol. The zero-order chi connectivity index (χ0) is 15.6. The average molecular weight is 328 g/mol. The van der Waals surface area contributed by atoms with Crippen LogP contribution in [0.5, 0.6) is 5.75 Å². The Morgan fingerprint density at radius 3 is 2.61 bits per heavy atom. The third-order valence-electron chi connectivity index (χ3n) is 4.59. The first kappa shape index (κ1) is 14.8. The Hall–Kier alpha value is -1.82. The highest BCUT2D eigenvalue weighted by molar-refractivity contribution is 7.99. The molecule has 0 bridgehead atoms. The lowest BCUT2D eigenvalue weighted by atomic mass is 9.89. The second kappa shape index (κ2) is 6.35. The number of aromatic nitrogens is 3. The molecule has 23 heavy (non-hydrogen) atoms. The van der Waals surface area contributed by atoms with E-state index in [2.05, 4.69) is 22.3 Å². The molecule has 0 saturated heterocycles. The Morgan fingerprint density at radius 2 is 1.87 bits per heavy atom. The molecule has 120 valence electrons. The van der Waals surface area contributed by atoms with E-state index in [4.69, 9.17) is 9.84 Å². The van der Waals surface area contributed by atoms with Gasteiger partial charge in [0.1, 0.15) is 5.75 Å². The van der Waals surface area contributed by atoms with Crippen LogP contribution in [-0.2, 0) is 0 Å². The van der Waals surface area contributed by atoms with Gasteiger partial charge in [0.25, 0.3) is 0 Å². The van der Waals surface area contributed by atoms with Crippen molar-refractivity contribution < 1.29 is 4.74 Å². The van der Waals surface area contributed by atoms with Gasteiger partial charge in [-0.2, -0.15) is 9.78 Å². The van der Waals surface area contributed by atoms with Crippen LogP contribution in [0.15, 0.2) is 34.5 Å². The fourth-order valence-electron chi connectivity index (χ4n) is 3.28. The van der Waals surface area contributed by atoms with E-state index in [9.17, 15) is 0 Å². The van der Waals surface area contributed by atoms with Crippen LogP contribution in [0.25, 0.3) is 0 Å². The van der Waals surface area contributed by atoms with Crippen LogP contribution < -0.4 is 4.74 Å². The molecule has 0 unspecified atom stereocenters. The van der Waals surface area contributed by atoms with Gasteiger partial charge >= 0.3 is 0 Å². The fraction of sp³-hybridized carbons (Fsp3) is 0.471. The highest BCUT2D eigenvalue weighted by Crippen LogP contribution is 2.34. The molecular formula is C17H20N4OS. The Morgan fingerprint density at radius 1 is 1.09 bits per heavy atom. The summed E-state index contributed by atoms with van der Waals surface area (Å²) >= 11 is 1.71. The Balaban J connectivity index is 1.66. The van der Waals surface area contributed by atoms with Gasteiger partial charge < -0.3 is 4.74 Å². The van der Waals surface area contributed by atoms with Gasteiger partial charge in [-0.3, -0.25) is 0 Å². The van der Waals surface area contributed by atoms with Gasteiger partial charge in [-0.1, -0.05) is 31.0 Å². The molecule has 1 aliphatic carbocycles. The number of rotatable bonds is 3. The highest BCUT2D eigenvalue weighted by Gasteiger charge is 2.26. The topological polar surface area (TPSA) is 52.3 Å². The van der Waals surface area contributed by atoms with Crippen LogP contribution in [0.1, 0.15) is 49.4 Å². The summed E-state index contributed by atoms with van der Waals surface area (Å²) in [5.41, 5.74) is 2.20. The largest absolute Gasteiger partial charge is 0.497 e. The molecule has 1 saturated carbocycles. The zero-order valence-corrected chi connectivity index (χ0v) is 14.1. The number of thioether (sulfide) groups is 1. The molecule has 1 aliphatic heterocycles. The monoisotopic (exact) mass is 328 g/mol. The number of methoxy groups -OCH3 is 1. The van der Waals surface area contributed by atoms with Crippen molar-refractivity contribution in [2.75, 3.05) is 12.9 Å². The normalized spacial score (nSPS) is 18.4. The molecule has 0 atom stereocenters. The fourth-order valence-corrected chi connectivity index (χ4v) is 4.13. The molecule has 5 nitrogen and oxygen atoms in total. The molecule has 2 aliphatic rings. The Labute approximate surface area is 140 Å². The number of hydrogen-bond donors (Lipinski definition) is 0. The summed E-state index contributed by atoms with van der Waals surface area (Å²) in [5, 5.41) is 14.6. The van der Waals surface area contributed by atoms with Crippen LogP contribution in [0.2, 0.25) is 0 Å². The van der Waals surface area contributed by atoms with E-state index in [1.54, 1.807) is 18.9 Å². The molecule has 4 rings (SSSR count). The lowest BCUT2D eigenvalue weighted by Gasteiger charge is -2.21. The second-order valence-electron chi connectivity index (χ2n) is 6.05. The van der Waals surface area contributed by atoms with Crippen molar-refractivity contribution >= 4 is 17.5 Å². The van der Waals surface area contributed by atoms with Crippen LogP contribution in [0.3, 0.4) is 0 Å². The van der Waals surface area contributed by atoms with E-state index in [0.29, 0.717) is 5.92 Å². The second-order valence-corrected chi connectivity index (χ2v) is 6.99. The summed E-state index contributed by atoms with van der Waals surface area (Å²) in [6.07, 6.45) is 6.32. The predicted octanol–water partition coefficient (Wildman–Crippen LogP) is 3.69. The number of hydrogen-bond acceptors (Lipinski definition) is 5. The minimum absolute atomic E-state index is 0.504. The lowest BCUT2D eigenvalue weighted by Crippen LogP contribution is -2.17. The average Bonchev–Trinajstić information content (AvgIpc) is 3.05. The van der Waals surface area contributed by atoms with Crippen molar-refractivity contribution in [1.29, 1.82) is 0 Å². The summed E-state index contributed by atoms with van der Waals surface area (Å²) in [6, 6.07) is 8.08. The van der Waals surface area contributed by atoms with Crippen LogP contribution in [-0.4, -0.2) is 33.4 Å². The molecule has 0 amide bonds. The van der Waals surface area contributed by atoms with Crippen LogP contribution in [0, 0.1) is 0 Å². The van der Waals surface area contributed by atoms with E-state index < -0.39 is 0 Å². The summed E-state index contributed by atoms with van der Waals surface area (Å²) in [4.78, 5) is 0. The number of benzene rings is 1. The lowest BCUT2D eigenvalue weighted by molar-refractivity contribution is 0.415. The van der Waals surface area contributed by atoms with Crippen molar-refractivity contribution in [2.45, 2.75) is 43.2 Å². The van der Waals surface area contributed by atoms with Crippen molar-refractivity contribution in [3.8, 4) is 5.75 Å². The standard InChI is InChI=1S/C17H20N4OS/c1-22-14-9-7-12(8-10-14)15-11-23-17-19-18-16(21(17)20-15)13-5-3-2-4-6-13/h7-10,13H,2-6,11H2,1H3. The Kier molecular flexibility index (Phi) is 4.08. The third kappa shape index (κ3) is 2.87. The molecule has 2 heterocycles. The van der Waals surface area contributed by atoms with Crippen LogP contribution >= 0.6 is 11.8 Å². The van der Waals surface area contributed by atoms with Gasteiger partial charge in [0.05, 0.1) is 12.8 Å². The van der Waals surface area contributed by atoms with Gasteiger partial charge in [0.15, 0.2) is 5.82 Å². The quantitative estimate of drug-likeness (QED) is 0.862. The number of ether oxygens (including phenoxy) is 1. The van der Waals surface area contributed by atoms with Crippen molar-refractivity contribution in [3.05, 3.63) is 35.7 Å². The van der Waals surface area contributed by atoms with Gasteiger partial charge in [-0.25, -0.2) is 0 Å². The van der Waals surface area contributed by atoms with E-state index in [0.717, 1.165) is 33.8 Å². The first-order chi connectivity index (χ1) is 11.3. The maximum atomic E-state index is 5.23. The SMILES string of the molecule is COc1ccc(C2=Nn3c(nnc3C3CCCCC3)SC2)cc1. The van der Waals surface area contributed by atoms with E-state index in [1.807, 2.05) is 16.8 Å².